The molecule has 1 aliphatic heterocycles. The zero-order valence-electron chi connectivity index (χ0n) is 6.75. The molecule has 0 bridgehead atoms. The summed E-state index contributed by atoms with van der Waals surface area (Å²) in [5.41, 5.74) is 5.32. The van der Waals surface area contributed by atoms with Gasteiger partial charge in [-0.15, -0.1) is 0 Å². The van der Waals surface area contributed by atoms with Crippen LogP contribution in [0.15, 0.2) is 0 Å². The Hall–Kier alpha value is -0.610. The molecule has 1 aliphatic rings. The van der Waals surface area contributed by atoms with Crippen LogP contribution in [-0.2, 0) is 0 Å². The number of nitrogens with zero attached hydrogens (tertiary/aromatic N) is 1. The van der Waals surface area contributed by atoms with Crippen molar-refractivity contribution in [2.75, 3.05) is 13.1 Å². The molecule has 2 unspecified atom stereocenters. The summed E-state index contributed by atoms with van der Waals surface area (Å²) in [5, 5.41) is 16.4. The van der Waals surface area contributed by atoms with Gasteiger partial charge in [-0.25, -0.2) is 0 Å². The standard InChI is InChI=1S/C7H15N3O/c1-5(7(8)9)10-3-2-6(11)4-10/h5-6,11H,2-4H2,1H3,(H3,8,9). The number of hydrogen-bond acceptors (Lipinski definition) is 3. The summed E-state index contributed by atoms with van der Waals surface area (Å²) in [7, 11) is 0. The molecule has 1 heterocycles. The van der Waals surface area contributed by atoms with E-state index in [1.54, 1.807) is 0 Å². The lowest BCUT2D eigenvalue weighted by Gasteiger charge is -2.21. The van der Waals surface area contributed by atoms with Crippen molar-refractivity contribution >= 4 is 5.84 Å². The lowest BCUT2D eigenvalue weighted by Crippen LogP contribution is -2.41. The number of amidine groups is 1. The second-order valence-corrected chi connectivity index (χ2v) is 3.07. The van der Waals surface area contributed by atoms with Gasteiger partial charge >= 0.3 is 0 Å². The Balaban J connectivity index is 2.43. The Morgan fingerprint density at radius 2 is 2.45 bits per heavy atom. The minimum Gasteiger partial charge on any atom is -0.392 e. The molecule has 0 radical (unpaired) electrons. The summed E-state index contributed by atoms with van der Waals surface area (Å²) in [5.74, 6) is 0.180. The predicted octanol–water partition coefficient (Wildman–Crippen LogP) is -0.623. The van der Waals surface area contributed by atoms with Crippen LogP contribution in [-0.4, -0.2) is 41.1 Å². The quantitative estimate of drug-likeness (QED) is 0.369. The van der Waals surface area contributed by atoms with Crippen molar-refractivity contribution in [2.45, 2.75) is 25.5 Å². The highest BCUT2D eigenvalue weighted by atomic mass is 16.3. The summed E-state index contributed by atoms with van der Waals surface area (Å²) in [6.07, 6.45) is 0.578. The molecular weight excluding hydrogens is 142 g/mol. The van der Waals surface area contributed by atoms with Gasteiger partial charge in [0.15, 0.2) is 0 Å². The first-order valence-corrected chi connectivity index (χ1v) is 3.87. The van der Waals surface area contributed by atoms with Gasteiger partial charge in [0.1, 0.15) is 5.84 Å². The zero-order chi connectivity index (χ0) is 8.43. The van der Waals surface area contributed by atoms with Gasteiger partial charge in [-0.2, -0.15) is 0 Å². The maximum Gasteiger partial charge on any atom is 0.108 e. The molecule has 1 saturated heterocycles. The van der Waals surface area contributed by atoms with Crippen LogP contribution in [0.4, 0.5) is 0 Å². The van der Waals surface area contributed by atoms with Crippen LogP contribution in [0.3, 0.4) is 0 Å². The lowest BCUT2D eigenvalue weighted by atomic mass is 10.3. The monoisotopic (exact) mass is 157 g/mol. The molecule has 11 heavy (non-hydrogen) atoms. The molecule has 1 rings (SSSR count). The normalized spacial score (nSPS) is 28.7. The van der Waals surface area contributed by atoms with Crippen molar-refractivity contribution in [3.05, 3.63) is 0 Å². The summed E-state index contributed by atoms with van der Waals surface area (Å²) < 4.78 is 0. The first kappa shape index (κ1) is 8.49. The van der Waals surface area contributed by atoms with E-state index in [4.69, 9.17) is 11.1 Å². The van der Waals surface area contributed by atoms with Crippen LogP contribution in [0.5, 0.6) is 0 Å². The van der Waals surface area contributed by atoms with Gasteiger partial charge in [-0.3, -0.25) is 10.3 Å². The van der Waals surface area contributed by atoms with Gasteiger partial charge < -0.3 is 10.8 Å². The van der Waals surface area contributed by atoms with Crippen molar-refractivity contribution < 1.29 is 5.11 Å². The molecule has 4 nitrogen and oxygen atoms in total. The van der Waals surface area contributed by atoms with Crippen molar-refractivity contribution in [1.82, 2.24) is 4.90 Å². The smallest absolute Gasteiger partial charge is 0.108 e. The first-order valence-electron chi connectivity index (χ1n) is 3.87. The molecule has 0 aliphatic carbocycles. The fourth-order valence-corrected chi connectivity index (χ4v) is 1.32. The largest absolute Gasteiger partial charge is 0.392 e. The molecule has 0 aromatic rings. The summed E-state index contributed by atoms with van der Waals surface area (Å²) in [4.78, 5) is 2.02. The fourth-order valence-electron chi connectivity index (χ4n) is 1.32. The average molecular weight is 157 g/mol. The molecular formula is C7H15N3O. The Morgan fingerprint density at radius 3 is 2.82 bits per heavy atom. The van der Waals surface area contributed by atoms with E-state index in [-0.39, 0.29) is 18.0 Å². The van der Waals surface area contributed by atoms with E-state index in [9.17, 15) is 5.11 Å². The summed E-state index contributed by atoms with van der Waals surface area (Å²) in [6.45, 7) is 3.39. The van der Waals surface area contributed by atoms with E-state index >= 15 is 0 Å². The Morgan fingerprint density at radius 1 is 1.82 bits per heavy atom. The van der Waals surface area contributed by atoms with E-state index in [1.165, 1.54) is 0 Å². The van der Waals surface area contributed by atoms with Crippen LogP contribution >= 0.6 is 0 Å². The van der Waals surface area contributed by atoms with Gasteiger partial charge in [0.2, 0.25) is 0 Å². The number of aliphatic hydroxyl groups is 1. The Bertz CT molecular complexity index is 160. The number of rotatable bonds is 2. The van der Waals surface area contributed by atoms with E-state index in [0.717, 1.165) is 13.0 Å². The van der Waals surface area contributed by atoms with Crippen LogP contribution in [0.2, 0.25) is 0 Å². The highest BCUT2D eigenvalue weighted by Gasteiger charge is 2.25. The first-order chi connectivity index (χ1) is 5.11. The van der Waals surface area contributed by atoms with E-state index in [0.29, 0.717) is 6.54 Å². The van der Waals surface area contributed by atoms with Crippen molar-refractivity contribution in [3.63, 3.8) is 0 Å². The molecule has 0 amide bonds. The van der Waals surface area contributed by atoms with Crippen molar-refractivity contribution in [3.8, 4) is 0 Å². The van der Waals surface area contributed by atoms with Crippen LogP contribution in [0.1, 0.15) is 13.3 Å². The van der Waals surface area contributed by atoms with E-state index in [1.807, 2.05) is 11.8 Å². The summed E-state index contributed by atoms with van der Waals surface area (Å²) >= 11 is 0. The molecule has 0 aromatic heterocycles. The van der Waals surface area contributed by atoms with Crippen molar-refractivity contribution in [1.29, 1.82) is 5.41 Å². The van der Waals surface area contributed by atoms with Crippen molar-refractivity contribution in [2.24, 2.45) is 5.73 Å². The van der Waals surface area contributed by atoms with Gasteiger partial charge in [0.05, 0.1) is 12.1 Å². The molecule has 64 valence electrons. The molecule has 4 heteroatoms. The number of likely N-dealkylation sites (tertiary alicyclic amines) is 1. The van der Waals surface area contributed by atoms with Gasteiger partial charge in [0.25, 0.3) is 0 Å². The minimum atomic E-state index is -0.225. The van der Waals surface area contributed by atoms with Gasteiger partial charge in [-0.1, -0.05) is 0 Å². The molecule has 1 fully saturated rings. The minimum absolute atomic E-state index is 0.0212. The second kappa shape index (κ2) is 3.19. The molecule has 2 atom stereocenters. The summed E-state index contributed by atoms with van der Waals surface area (Å²) in [6, 6.07) is -0.0212. The number of β-amino-alcohol motifs (C(OH)–C–C–N with tert-alkyl or cyclic N) is 1. The molecule has 4 N–H and O–H groups in total. The molecule has 0 aromatic carbocycles. The third kappa shape index (κ3) is 1.91. The SMILES string of the molecule is CC(C(=N)N)N1CCC(O)C1. The van der Waals surface area contributed by atoms with Crippen LogP contribution < -0.4 is 5.73 Å². The number of hydrogen-bond donors (Lipinski definition) is 3. The topological polar surface area (TPSA) is 73.3 Å². The maximum atomic E-state index is 9.18. The predicted molar refractivity (Wildman–Crippen MR) is 43.6 cm³/mol. The Labute approximate surface area is 66.5 Å². The molecule has 0 saturated carbocycles. The zero-order valence-corrected chi connectivity index (χ0v) is 6.75. The van der Waals surface area contributed by atoms with E-state index in [2.05, 4.69) is 0 Å². The third-order valence-electron chi connectivity index (χ3n) is 2.19. The molecule has 0 spiro atoms. The Kier molecular flexibility index (Phi) is 2.46. The average Bonchev–Trinajstić information content (AvgIpc) is 2.34. The van der Waals surface area contributed by atoms with Gasteiger partial charge in [0, 0.05) is 13.1 Å². The second-order valence-electron chi connectivity index (χ2n) is 3.07. The number of aliphatic hydroxyl groups excluding tert-OH is 1. The van der Waals surface area contributed by atoms with Crippen LogP contribution in [0.25, 0.3) is 0 Å². The maximum absolute atomic E-state index is 9.18. The van der Waals surface area contributed by atoms with Gasteiger partial charge in [-0.05, 0) is 13.3 Å². The number of nitrogens with two attached hydrogens (primary N) is 1. The van der Waals surface area contributed by atoms with E-state index < -0.39 is 0 Å². The highest BCUT2D eigenvalue weighted by Crippen LogP contribution is 2.11. The number of nitrogens with one attached hydrogen (secondary N) is 1. The van der Waals surface area contributed by atoms with Crippen LogP contribution in [0, 0.1) is 5.41 Å². The third-order valence-corrected chi connectivity index (χ3v) is 2.19. The highest BCUT2D eigenvalue weighted by molar-refractivity contribution is 5.82. The lowest BCUT2D eigenvalue weighted by molar-refractivity contribution is 0.172. The fraction of sp³-hybridized carbons (Fsp3) is 0.857.